The number of nitrogens with one attached hydrogen (secondary N) is 5. The van der Waals surface area contributed by atoms with Crippen molar-refractivity contribution in [1.29, 1.82) is 0 Å². The van der Waals surface area contributed by atoms with Gasteiger partial charge in [-0.2, -0.15) is 0 Å². The molecule has 1 aliphatic heterocycles. The average Bonchev–Trinajstić information content (AvgIpc) is 3.64. The van der Waals surface area contributed by atoms with E-state index < -0.39 is 58.5 Å². The van der Waals surface area contributed by atoms with Crippen molar-refractivity contribution < 1.29 is 38.0 Å². The van der Waals surface area contributed by atoms with Gasteiger partial charge in [-0.1, -0.05) is 62.4 Å². The molecule has 2 fully saturated rings. The van der Waals surface area contributed by atoms with Gasteiger partial charge in [0.2, 0.25) is 17.7 Å². The topological polar surface area (TPSA) is 204 Å². The van der Waals surface area contributed by atoms with Gasteiger partial charge in [0.15, 0.2) is 0 Å². The minimum absolute atomic E-state index is 0.0465. The van der Waals surface area contributed by atoms with Gasteiger partial charge in [-0.15, -0.1) is 0 Å². The zero-order valence-electron chi connectivity index (χ0n) is 31.8. The molecular formula is C38H59N7O8S. The van der Waals surface area contributed by atoms with E-state index in [0.29, 0.717) is 38.4 Å². The largest absolute Gasteiger partial charge is 0.444 e. The number of alkyl carbamates (subject to hydrolysis) is 1. The highest BCUT2D eigenvalue weighted by Crippen LogP contribution is 2.28. The van der Waals surface area contributed by atoms with Crippen LogP contribution in [0.1, 0.15) is 70.6 Å². The summed E-state index contributed by atoms with van der Waals surface area (Å²) in [6.45, 7) is 9.16. The summed E-state index contributed by atoms with van der Waals surface area (Å²) in [5.41, 5.74) is 0.573. The Kier molecular flexibility index (Phi) is 17.4. The lowest BCUT2D eigenvalue weighted by Gasteiger charge is -2.31. The molecule has 1 aliphatic carbocycles. The van der Waals surface area contributed by atoms with E-state index in [1.54, 1.807) is 27.0 Å². The number of nitrogens with zero attached hydrogens (tertiary/aromatic N) is 2. The van der Waals surface area contributed by atoms with Gasteiger partial charge in [0, 0.05) is 61.7 Å². The summed E-state index contributed by atoms with van der Waals surface area (Å²) in [4.78, 5) is 62.7. The lowest BCUT2D eigenvalue weighted by Crippen LogP contribution is -2.58. The molecule has 0 radical (unpaired) electrons. The van der Waals surface area contributed by atoms with Crippen molar-refractivity contribution in [2.75, 3.05) is 50.9 Å². The number of aliphatic hydroxyl groups is 1. The molecule has 1 saturated carbocycles. The maximum Gasteiger partial charge on any atom is 0.408 e. The zero-order valence-corrected chi connectivity index (χ0v) is 32.7. The molecule has 15 nitrogen and oxygen atoms in total. The van der Waals surface area contributed by atoms with Crippen molar-refractivity contribution in [1.82, 2.24) is 36.1 Å². The van der Waals surface area contributed by atoms with Crippen LogP contribution in [0.25, 0.3) is 0 Å². The second-order valence-electron chi connectivity index (χ2n) is 15.2. The Balaban J connectivity index is 1.44. The maximum atomic E-state index is 14.1. The van der Waals surface area contributed by atoms with Gasteiger partial charge in [-0.25, -0.2) is 9.78 Å². The fourth-order valence-corrected chi connectivity index (χ4v) is 7.85. The molecule has 2 heterocycles. The van der Waals surface area contributed by atoms with Crippen LogP contribution < -0.4 is 21.3 Å². The van der Waals surface area contributed by atoms with E-state index in [9.17, 15) is 28.5 Å². The number of aliphatic hydroxyl groups excluding tert-OH is 1. The molecule has 1 aromatic heterocycles. The van der Waals surface area contributed by atoms with E-state index in [1.807, 2.05) is 30.3 Å². The molecule has 16 heteroatoms. The van der Waals surface area contributed by atoms with Gasteiger partial charge in [-0.05, 0) is 38.7 Å². The number of H-pyrrole nitrogens is 1. The molecule has 4 rings (SSSR count). The standard InChI is InChI=1S/C38H59N7O8S/c1-38(2,3)53-37(50)44-31(21-28-12-8-5-9-13-28)35(48)43-32(22-29-23-39-26-41-29)36(49)42-30(20-27-10-6-4-7-11-27)33(46)24-54(51)25-34(47)40-14-15-45-16-18-52-19-17-45/h5,8-9,12-13,23,26-27,30-33,46H,4,6-7,10-11,14-22,24-25H2,1-3H3,(H,39,41)(H,40,47)(H,42,49)(H,43,48)(H,44,50)/t30-,31-,32-,33-,54?/m0/s1. The first kappa shape index (κ1) is 42.9. The number of benzene rings is 1. The van der Waals surface area contributed by atoms with Crippen molar-refractivity contribution in [2.24, 2.45) is 5.92 Å². The summed E-state index contributed by atoms with van der Waals surface area (Å²) in [7, 11) is -1.70. The van der Waals surface area contributed by atoms with Crippen LogP contribution in [0.5, 0.6) is 0 Å². The Bertz CT molecular complexity index is 1480. The van der Waals surface area contributed by atoms with Crippen LogP contribution in [0.2, 0.25) is 0 Å². The molecule has 54 heavy (non-hydrogen) atoms. The molecular weight excluding hydrogens is 715 g/mol. The fraction of sp³-hybridized carbons (Fsp3) is 0.658. The van der Waals surface area contributed by atoms with Crippen molar-refractivity contribution in [2.45, 2.75) is 102 Å². The number of carbonyl (C=O) groups is 4. The zero-order chi connectivity index (χ0) is 38.9. The second-order valence-corrected chi connectivity index (χ2v) is 16.7. The molecule has 4 amide bonds. The van der Waals surface area contributed by atoms with Crippen molar-refractivity contribution in [3.05, 3.63) is 54.1 Å². The van der Waals surface area contributed by atoms with Crippen molar-refractivity contribution in [3.63, 3.8) is 0 Å². The van der Waals surface area contributed by atoms with Crippen LogP contribution in [0.4, 0.5) is 4.79 Å². The Morgan fingerprint density at radius 3 is 2.35 bits per heavy atom. The van der Waals surface area contributed by atoms with Gasteiger partial charge in [0.05, 0.1) is 37.4 Å². The van der Waals surface area contributed by atoms with E-state index >= 15 is 0 Å². The van der Waals surface area contributed by atoms with Gasteiger partial charge < -0.3 is 40.8 Å². The minimum atomic E-state index is -1.70. The van der Waals surface area contributed by atoms with Gasteiger partial charge in [-0.3, -0.25) is 23.5 Å². The summed E-state index contributed by atoms with van der Waals surface area (Å²) in [5, 5.41) is 22.7. The normalized spacial score (nSPS) is 18.4. The molecule has 1 aromatic carbocycles. The number of ether oxygens (including phenoxy) is 2. The maximum absolute atomic E-state index is 14.1. The highest BCUT2D eigenvalue weighted by Gasteiger charge is 2.33. The van der Waals surface area contributed by atoms with Crippen LogP contribution in [-0.2, 0) is 47.5 Å². The third kappa shape index (κ3) is 15.9. The quantitative estimate of drug-likeness (QED) is 0.122. The molecule has 1 saturated heterocycles. The van der Waals surface area contributed by atoms with E-state index in [0.717, 1.165) is 50.8 Å². The summed E-state index contributed by atoms with van der Waals surface area (Å²) in [6, 6.07) is 6.19. The number of hydrogen-bond donors (Lipinski definition) is 6. The summed E-state index contributed by atoms with van der Waals surface area (Å²) >= 11 is 0. The molecule has 0 bridgehead atoms. The van der Waals surface area contributed by atoms with Crippen LogP contribution >= 0.6 is 0 Å². The SMILES string of the molecule is CC(C)(C)OC(=O)N[C@@H](Cc1ccccc1)C(=O)N[C@@H](Cc1cnc[nH]1)C(=O)N[C@@H](CC1CCCCC1)[C@@H](O)CS(=O)CC(=O)NCCN1CCOCC1. The van der Waals surface area contributed by atoms with Gasteiger partial charge >= 0.3 is 6.09 Å². The number of aromatic amines is 1. The van der Waals surface area contributed by atoms with E-state index in [4.69, 9.17) is 9.47 Å². The van der Waals surface area contributed by atoms with Gasteiger partial charge in [0.1, 0.15) is 23.4 Å². The van der Waals surface area contributed by atoms with Crippen LogP contribution in [0.3, 0.4) is 0 Å². The first-order valence-corrected chi connectivity index (χ1v) is 20.5. The summed E-state index contributed by atoms with van der Waals surface area (Å²) in [5.74, 6) is -1.75. The number of imidazole rings is 1. The Labute approximate surface area is 320 Å². The second kappa shape index (κ2) is 21.9. The smallest absolute Gasteiger partial charge is 0.408 e. The molecule has 5 atom stereocenters. The summed E-state index contributed by atoms with van der Waals surface area (Å²) in [6.07, 6.45) is 6.79. The highest BCUT2D eigenvalue weighted by molar-refractivity contribution is 7.85. The molecule has 6 N–H and O–H groups in total. The number of amides is 4. The Hall–Kier alpha value is -3.86. The third-order valence-electron chi connectivity index (χ3n) is 9.51. The highest BCUT2D eigenvalue weighted by atomic mass is 32.2. The average molecular weight is 774 g/mol. The van der Waals surface area contributed by atoms with Gasteiger partial charge in [0.25, 0.3) is 0 Å². The van der Waals surface area contributed by atoms with E-state index in [2.05, 4.69) is 36.1 Å². The summed E-state index contributed by atoms with van der Waals surface area (Å²) < 4.78 is 23.9. The number of morpholine rings is 1. The Morgan fingerprint density at radius 1 is 1.00 bits per heavy atom. The van der Waals surface area contributed by atoms with Crippen LogP contribution in [0, 0.1) is 5.92 Å². The predicted molar refractivity (Wildman–Crippen MR) is 205 cm³/mol. The predicted octanol–water partition coefficient (Wildman–Crippen LogP) is 1.59. The fourth-order valence-electron chi connectivity index (χ4n) is 6.73. The first-order chi connectivity index (χ1) is 25.8. The van der Waals surface area contributed by atoms with E-state index in [-0.39, 0.29) is 36.2 Å². The number of rotatable bonds is 19. The van der Waals surface area contributed by atoms with Crippen LogP contribution in [0.15, 0.2) is 42.9 Å². The molecule has 2 aliphatic rings. The lowest BCUT2D eigenvalue weighted by atomic mass is 9.83. The van der Waals surface area contributed by atoms with Crippen LogP contribution in [-0.4, -0.2) is 129 Å². The van der Waals surface area contributed by atoms with Crippen molar-refractivity contribution >= 4 is 34.6 Å². The molecule has 1 unspecified atom stereocenters. The number of hydrogen-bond acceptors (Lipinski definition) is 10. The van der Waals surface area contributed by atoms with E-state index in [1.165, 1.54) is 6.33 Å². The molecule has 2 aromatic rings. The molecule has 0 spiro atoms. The monoisotopic (exact) mass is 773 g/mol. The lowest BCUT2D eigenvalue weighted by molar-refractivity contribution is -0.130. The third-order valence-corrected chi connectivity index (χ3v) is 10.8. The number of aromatic nitrogens is 2. The van der Waals surface area contributed by atoms with Crippen molar-refractivity contribution in [3.8, 4) is 0 Å². The Morgan fingerprint density at radius 2 is 1.69 bits per heavy atom. The first-order valence-electron chi connectivity index (χ1n) is 19.1. The minimum Gasteiger partial charge on any atom is -0.444 e. The number of carbonyl (C=O) groups excluding carboxylic acids is 4. The molecule has 300 valence electrons.